The molecule has 21 heavy (non-hydrogen) atoms. The molecule has 0 aromatic heterocycles. The van der Waals surface area contributed by atoms with E-state index in [9.17, 15) is 0 Å². The molecule has 1 fully saturated rings. The number of nitrogens with one attached hydrogen (secondary N) is 1. The van der Waals surface area contributed by atoms with Crippen molar-refractivity contribution in [3.05, 3.63) is 28.8 Å². The molecule has 1 aromatic carbocycles. The maximum absolute atomic E-state index is 6.54. The van der Waals surface area contributed by atoms with Gasteiger partial charge in [-0.2, -0.15) is 0 Å². The summed E-state index contributed by atoms with van der Waals surface area (Å²) in [5.74, 6) is 1.82. The number of fused-ring (bicyclic) bond motifs is 1. The zero-order valence-electron chi connectivity index (χ0n) is 14.0. The maximum Gasteiger partial charge on any atom is 0.125 e. The Balaban J connectivity index is 1.95. The molecule has 1 N–H and O–H groups in total. The van der Waals surface area contributed by atoms with Crippen molar-refractivity contribution in [3.63, 3.8) is 0 Å². The van der Waals surface area contributed by atoms with Crippen molar-refractivity contribution in [1.29, 1.82) is 0 Å². The first kappa shape index (κ1) is 14.9. The van der Waals surface area contributed by atoms with Gasteiger partial charge in [0.25, 0.3) is 0 Å². The molecule has 0 bridgehead atoms. The second-order valence-electron chi connectivity index (χ2n) is 7.54. The summed E-state index contributed by atoms with van der Waals surface area (Å²) in [5, 5.41) is 3.81. The molecule has 1 unspecified atom stereocenters. The molecule has 1 aromatic rings. The fourth-order valence-electron chi connectivity index (χ4n) is 4.10. The Morgan fingerprint density at radius 2 is 1.95 bits per heavy atom. The number of hydrogen-bond donors (Lipinski definition) is 1. The minimum atomic E-state index is 0.0991. The third-order valence-corrected chi connectivity index (χ3v) is 5.03. The second kappa shape index (κ2) is 5.64. The van der Waals surface area contributed by atoms with Gasteiger partial charge in [-0.05, 0) is 69.2 Å². The lowest BCUT2D eigenvalue weighted by Gasteiger charge is -2.41. The van der Waals surface area contributed by atoms with Crippen LogP contribution in [-0.2, 0) is 0 Å². The largest absolute Gasteiger partial charge is 0.487 e. The Kier molecular flexibility index (Phi) is 4.00. The Labute approximate surface area is 129 Å². The van der Waals surface area contributed by atoms with Crippen LogP contribution >= 0.6 is 0 Å². The second-order valence-corrected chi connectivity index (χ2v) is 7.54. The highest BCUT2D eigenvalue weighted by molar-refractivity contribution is 5.47. The van der Waals surface area contributed by atoms with Crippen LogP contribution in [0.1, 0.15) is 68.7 Å². The van der Waals surface area contributed by atoms with Crippen molar-refractivity contribution in [2.24, 2.45) is 5.92 Å². The van der Waals surface area contributed by atoms with Crippen LogP contribution in [0.4, 0.5) is 0 Å². The van der Waals surface area contributed by atoms with Crippen LogP contribution in [0.5, 0.6) is 5.75 Å². The standard InChI is InChI=1S/C19H29NO/c1-13(2)12-20-16-11-19(7-5-6-8-19)21-17-10-14(3)9-15(4)18(16)17/h9-10,13,16,20H,5-8,11-12H2,1-4H3. The molecule has 0 radical (unpaired) electrons. The number of aryl methyl sites for hydroxylation is 2. The van der Waals surface area contributed by atoms with Crippen molar-refractivity contribution in [2.45, 2.75) is 71.4 Å². The number of benzene rings is 1. The molecule has 2 heteroatoms. The smallest absolute Gasteiger partial charge is 0.125 e. The molecule has 2 aliphatic rings. The summed E-state index contributed by atoms with van der Waals surface area (Å²) in [6.07, 6.45) is 6.21. The van der Waals surface area contributed by atoms with Gasteiger partial charge in [-0.15, -0.1) is 0 Å². The highest BCUT2D eigenvalue weighted by atomic mass is 16.5. The van der Waals surface area contributed by atoms with E-state index in [1.807, 2.05) is 0 Å². The molecule has 0 saturated heterocycles. The molecule has 0 amide bonds. The molecule has 116 valence electrons. The summed E-state index contributed by atoms with van der Waals surface area (Å²) < 4.78 is 6.54. The van der Waals surface area contributed by atoms with Crippen molar-refractivity contribution < 1.29 is 4.74 Å². The Hall–Kier alpha value is -1.02. The first-order valence-corrected chi connectivity index (χ1v) is 8.53. The lowest BCUT2D eigenvalue weighted by atomic mass is 9.83. The monoisotopic (exact) mass is 287 g/mol. The third-order valence-electron chi connectivity index (χ3n) is 5.03. The predicted octanol–water partition coefficient (Wildman–Crippen LogP) is 4.69. The number of ether oxygens (including phenoxy) is 1. The van der Waals surface area contributed by atoms with Gasteiger partial charge in [0.05, 0.1) is 0 Å². The molecule has 2 nitrogen and oxygen atoms in total. The van der Waals surface area contributed by atoms with E-state index >= 15 is 0 Å². The van der Waals surface area contributed by atoms with E-state index in [0.717, 1.165) is 18.7 Å². The molecule has 1 atom stereocenters. The van der Waals surface area contributed by atoms with Crippen LogP contribution in [0.2, 0.25) is 0 Å². The molecule has 1 heterocycles. The lowest BCUT2D eigenvalue weighted by molar-refractivity contribution is 0.0360. The SMILES string of the molecule is Cc1cc(C)c2c(c1)OC1(CCCC1)CC2NCC(C)C. The van der Waals surface area contributed by atoms with E-state index in [2.05, 4.69) is 45.1 Å². The van der Waals surface area contributed by atoms with Gasteiger partial charge >= 0.3 is 0 Å². The average Bonchev–Trinajstić information content (AvgIpc) is 2.82. The fourth-order valence-corrected chi connectivity index (χ4v) is 4.10. The van der Waals surface area contributed by atoms with Gasteiger partial charge < -0.3 is 10.1 Å². The summed E-state index contributed by atoms with van der Waals surface area (Å²) in [6.45, 7) is 10.0. The average molecular weight is 287 g/mol. The normalized spacial score (nSPS) is 23.4. The first-order chi connectivity index (χ1) is 9.99. The summed E-state index contributed by atoms with van der Waals surface area (Å²) in [7, 11) is 0. The summed E-state index contributed by atoms with van der Waals surface area (Å²) >= 11 is 0. The molecular weight excluding hydrogens is 258 g/mol. The Morgan fingerprint density at radius 3 is 2.62 bits per heavy atom. The first-order valence-electron chi connectivity index (χ1n) is 8.53. The van der Waals surface area contributed by atoms with Gasteiger partial charge in [0.1, 0.15) is 11.4 Å². The van der Waals surface area contributed by atoms with Crippen LogP contribution in [0.3, 0.4) is 0 Å². The highest BCUT2D eigenvalue weighted by Crippen LogP contribution is 2.48. The van der Waals surface area contributed by atoms with Crippen LogP contribution in [0.25, 0.3) is 0 Å². The number of rotatable bonds is 3. The van der Waals surface area contributed by atoms with E-state index in [1.54, 1.807) is 0 Å². The minimum absolute atomic E-state index is 0.0991. The maximum atomic E-state index is 6.54. The molecule has 1 spiro atoms. The van der Waals surface area contributed by atoms with E-state index in [1.165, 1.54) is 42.4 Å². The highest BCUT2D eigenvalue weighted by Gasteiger charge is 2.43. The van der Waals surface area contributed by atoms with Gasteiger partial charge in [-0.1, -0.05) is 19.9 Å². The van der Waals surface area contributed by atoms with Crippen molar-refractivity contribution >= 4 is 0 Å². The molecular formula is C19H29NO. The lowest BCUT2D eigenvalue weighted by Crippen LogP contribution is -2.43. The van der Waals surface area contributed by atoms with E-state index < -0.39 is 0 Å². The summed E-state index contributed by atoms with van der Waals surface area (Å²) in [4.78, 5) is 0. The van der Waals surface area contributed by atoms with Crippen LogP contribution in [0.15, 0.2) is 12.1 Å². The third kappa shape index (κ3) is 2.96. The zero-order valence-corrected chi connectivity index (χ0v) is 14.0. The molecule has 1 saturated carbocycles. The topological polar surface area (TPSA) is 21.3 Å². The van der Waals surface area contributed by atoms with Crippen molar-refractivity contribution in [3.8, 4) is 5.75 Å². The zero-order chi connectivity index (χ0) is 15.0. The van der Waals surface area contributed by atoms with Crippen molar-refractivity contribution in [2.75, 3.05) is 6.54 Å². The van der Waals surface area contributed by atoms with Crippen LogP contribution in [-0.4, -0.2) is 12.1 Å². The summed E-state index contributed by atoms with van der Waals surface area (Å²) in [6, 6.07) is 4.99. The number of hydrogen-bond acceptors (Lipinski definition) is 2. The van der Waals surface area contributed by atoms with Crippen LogP contribution in [0, 0.1) is 19.8 Å². The van der Waals surface area contributed by atoms with Gasteiger partial charge in [0.2, 0.25) is 0 Å². The van der Waals surface area contributed by atoms with E-state index in [4.69, 9.17) is 4.74 Å². The van der Waals surface area contributed by atoms with E-state index in [-0.39, 0.29) is 5.60 Å². The van der Waals surface area contributed by atoms with Crippen LogP contribution < -0.4 is 10.1 Å². The van der Waals surface area contributed by atoms with Gasteiger partial charge in [-0.25, -0.2) is 0 Å². The van der Waals surface area contributed by atoms with Gasteiger partial charge in [0, 0.05) is 18.0 Å². The predicted molar refractivity (Wildman–Crippen MR) is 87.9 cm³/mol. The van der Waals surface area contributed by atoms with E-state index in [0.29, 0.717) is 12.0 Å². The van der Waals surface area contributed by atoms with Gasteiger partial charge in [-0.3, -0.25) is 0 Å². The summed E-state index contributed by atoms with van der Waals surface area (Å²) in [5.41, 5.74) is 4.18. The fraction of sp³-hybridized carbons (Fsp3) is 0.684. The molecule has 1 aliphatic carbocycles. The Bertz CT molecular complexity index is 515. The quantitative estimate of drug-likeness (QED) is 0.871. The Morgan fingerprint density at radius 1 is 1.24 bits per heavy atom. The minimum Gasteiger partial charge on any atom is -0.487 e. The molecule has 3 rings (SSSR count). The van der Waals surface area contributed by atoms with Crippen molar-refractivity contribution in [1.82, 2.24) is 5.32 Å². The van der Waals surface area contributed by atoms with Gasteiger partial charge in [0.15, 0.2) is 0 Å². The molecule has 1 aliphatic heterocycles.